The number of hydrogen-bond acceptors (Lipinski definition) is 5. The van der Waals surface area contributed by atoms with Gasteiger partial charge in [0.25, 0.3) is 0 Å². The average Bonchev–Trinajstić information content (AvgIpc) is 2.38. The Labute approximate surface area is 106 Å². The molecule has 0 aliphatic carbocycles. The molecule has 98 valence electrons. The second-order valence-corrected chi connectivity index (χ2v) is 3.56. The van der Waals surface area contributed by atoms with Crippen LogP contribution in [0.15, 0.2) is 18.2 Å². The summed E-state index contributed by atoms with van der Waals surface area (Å²) in [6.07, 6.45) is 0. The van der Waals surface area contributed by atoms with Crippen molar-refractivity contribution in [2.75, 3.05) is 13.2 Å². The van der Waals surface area contributed by atoms with Crippen LogP contribution >= 0.6 is 0 Å². The molecule has 1 aromatic rings. The van der Waals surface area contributed by atoms with E-state index in [9.17, 15) is 9.59 Å². The van der Waals surface area contributed by atoms with E-state index in [-0.39, 0.29) is 19.8 Å². The van der Waals surface area contributed by atoms with Gasteiger partial charge < -0.3 is 15.2 Å². The lowest BCUT2D eigenvalue weighted by Crippen LogP contribution is -2.11. The summed E-state index contributed by atoms with van der Waals surface area (Å²) in [7, 11) is 0. The SMILES string of the molecule is CCOC(=O)c1cc(CN)cc(C(=O)OCC)c1. The van der Waals surface area contributed by atoms with E-state index in [1.165, 1.54) is 6.07 Å². The zero-order chi connectivity index (χ0) is 13.5. The van der Waals surface area contributed by atoms with E-state index in [1.807, 2.05) is 0 Å². The average molecular weight is 251 g/mol. The molecule has 0 fully saturated rings. The first kappa shape index (κ1) is 14.2. The van der Waals surface area contributed by atoms with Crippen molar-refractivity contribution in [3.05, 3.63) is 34.9 Å². The molecule has 0 aliphatic rings. The third-order valence-electron chi connectivity index (χ3n) is 2.25. The predicted octanol–water partition coefficient (Wildman–Crippen LogP) is 1.50. The van der Waals surface area contributed by atoms with Gasteiger partial charge in [-0.3, -0.25) is 0 Å². The first-order valence-corrected chi connectivity index (χ1v) is 5.80. The Balaban J connectivity index is 3.08. The van der Waals surface area contributed by atoms with E-state index < -0.39 is 11.9 Å². The lowest BCUT2D eigenvalue weighted by atomic mass is 10.1. The minimum absolute atomic E-state index is 0.236. The van der Waals surface area contributed by atoms with Crippen LogP contribution in [-0.2, 0) is 16.0 Å². The Morgan fingerprint density at radius 3 is 1.78 bits per heavy atom. The van der Waals surface area contributed by atoms with Gasteiger partial charge in [-0.05, 0) is 37.6 Å². The van der Waals surface area contributed by atoms with Crippen molar-refractivity contribution < 1.29 is 19.1 Å². The van der Waals surface area contributed by atoms with Crippen LogP contribution in [0, 0.1) is 0 Å². The summed E-state index contributed by atoms with van der Waals surface area (Å²) in [6.45, 7) is 4.23. The molecule has 0 spiro atoms. The molecule has 0 atom stereocenters. The van der Waals surface area contributed by atoms with Gasteiger partial charge in [0.1, 0.15) is 0 Å². The Bertz CT molecular complexity index is 406. The third kappa shape index (κ3) is 3.56. The number of hydrogen-bond donors (Lipinski definition) is 1. The van der Waals surface area contributed by atoms with Gasteiger partial charge in [0.05, 0.1) is 24.3 Å². The Morgan fingerprint density at radius 2 is 1.44 bits per heavy atom. The van der Waals surface area contributed by atoms with Crippen LogP contribution in [0.1, 0.15) is 40.1 Å². The zero-order valence-electron chi connectivity index (χ0n) is 10.6. The first-order chi connectivity index (χ1) is 8.62. The molecule has 1 aromatic carbocycles. The van der Waals surface area contributed by atoms with E-state index in [1.54, 1.807) is 26.0 Å². The fourth-order valence-electron chi connectivity index (χ4n) is 1.47. The van der Waals surface area contributed by atoms with E-state index in [0.29, 0.717) is 16.7 Å². The lowest BCUT2D eigenvalue weighted by molar-refractivity contribution is 0.0525. The maximum absolute atomic E-state index is 11.6. The first-order valence-electron chi connectivity index (χ1n) is 5.80. The highest BCUT2D eigenvalue weighted by Gasteiger charge is 2.14. The number of carbonyl (C=O) groups excluding carboxylic acids is 2. The second-order valence-electron chi connectivity index (χ2n) is 3.56. The number of ether oxygens (including phenoxy) is 2. The van der Waals surface area contributed by atoms with Crippen molar-refractivity contribution in [2.24, 2.45) is 5.73 Å². The summed E-state index contributed by atoms with van der Waals surface area (Å²) >= 11 is 0. The Morgan fingerprint density at radius 1 is 1.00 bits per heavy atom. The van der Waals surface area contributed by atoms with Crippen molar-refractivity contribution in [2.45, 2.75) is 20.4 Å². The molecular formula is C13H17NO4. The van der Waals surface area contributed by atoms with Gasteiger partial charge in [-0.25, -0.2) is 9.59 Å². The van der Waals surface area contributed by atoms with Crippen molar-refractivity contribution in [1.29, 1.82) is 0 Å². The smallest absolute Gasteiger partial charge is 0.338 e. The molecule has 5 heteroatoms. The summed E-state index contributed by atoms with van der Waals surface area (Å²) < 4.78 is 9.78. The summed E-state index contributed by atoms with van der Waals surface area (Å²) in [5.41, 5.74) is 6.83. The number of carbonyl (C=O) groups is 2. The van der Waals surface area contributed by atoms with Gasteiger partial charge in [0.15, 0.2) is 0 Å². The topological polar surface area (TPSA) is 78.6 Å². The predicted molar refractivity (Wildman–Crippen MR) is 66.2 cm³/mol. The third-order valence-corrected chi connectivity index (χ3v) is 2.25. The molecule has 1 rings (SSSR count). The monoisotopic (exact) mass is 251 g/mol. The number of benzene rings is 1. The van der Waals surface area contributed by atoms with Gasteiger partial charge in [0.2, 0.25) is 0 Å². The molecule has 0 unspecified atom stereocenters. The van der Waals surface area contributed by atoms with Gasteiger partial charge >= 0.3 is 11.9 Å². The van der Waals surface area contributed by atoms with Gasteiger partial charge in [-0.2, -0.15) is 0 Å². The molecule has 0 bridgehead atoms. The van der Waals surface area contributed by atoms with Crippen LogP contribution in [0.4, 0.5) is 0 Å². The zero-order valence-corrected chi connectivity index (χ0v) is 10.6. The van der Waals surface area contributed by atoms with Crippen LogP contribution in [0.2, 0.25) is 0 Å². The quantitative estimate of drug-likeness (QED) is 0.802. The number of nitrogens with two attached hydrogens (primary N) is 1. The van der Waals surface area contributed by atoms with Crippen molar-refractivity contribution in [3.63, 3.8) is 0 Å². The maximum atomic E-state index is 11.6. The minimum Gasteiger partial charge on any atom is -0.462 e. The molecule has 2 N–H and O–H groups in total. The van der Waals surface area contributed by atoms with Gasteiger partial charge in [-0.1, -0.05) is 0 Å². The summed E-state index contributed by atoms with van der Waals surface area (Å²) in [5, 5.41) is 0. The number of rotatable bonds is 5. The fraction of sp³-hybridized carbons (Fsp3) is 0.385. The lowest BCUT2D eigenvalue weighted by Gasteiger charge is -2.08. The van der Waals surface area contributed by atoms with Gasteiger partial charge in [-0.15, -0.1) is 0 Å². The summed E-state index contributed by atoms with van der Waals surface area (Å²) in [6, 6.07) is 4.68. The molecule has 0 amide bonds. The van der Waals surface area contributed by atoms with Crippen LogP contribution in [0.5, 0.6) is 0 Å². The molecule has 0 radical (unpaired) electrons. The van der Waals surface area contributed by atoms with Crippen LogP contribution in [0.25, 0.3) is 0 Å². The van der Waals surface area contributed by atoms with Crippen LogP contribution in [0.3, 0.4) is 0 Å². The van der Waals surface area contributed by atoms with Crippen molar-refractivity contribution in [1.82, 2.24) is 0 Å². The second kappa shape index (κ2) is 6.76. The molecule has 0 aliphatic heterocycles. The molecular weight excluding hydrogens is 234 g/mol. The molecule has 0 saturated heterocycles. The van der Waals surface area contributed by atoms with E-state index >= 15 is 0 Å². The van der Waals surface area contributed by atoms with E-state index in [4.69, 9.17) is 15.2 Å². The van der Waals surface area contributed by atoms with Crippen molar-refractivity contribution >= 4 is 11.9 Å². The molecule has 0 saturated carbocycles. The molecule has 18 heavy (non-hydrogen) atoms. The highest BCUT2D eigenvalue weighted by atomic mass is 16.5. The summed E-state index contributed by atoms with van der Waals surface area (Å²) in [4.78, 5) is 23.3. The molecule has 5 nitrogen and oxygen atoms in total. The normalized spacial score (nSPS) is 9.94. The molecule has 0 heterocycles. The fourth-order valence-corrected chi connectivity index (χ4v) is 1.47. The highest BCUT2D eigenvalue weighted by molar-refractivity contribution is 5.95. The van der Waals surface area contributed by atoms with E-state index in [0.717, 1.165) is 0 Å². The van der Waals surface area contributed by atoms with Crippen LogP contribution in [-0.4, -0.2) is 25.2 Å². The van der Waals surface area contributed by atoms with Gasteiger partial charge in [0, 0.05) is 6.54 Å². The van der Waals surface area contributed by atoms with E-state index in [2.05, 4.69) is 0 Å². The van der Waals surface area contributed by atoms with Crippen molar-refractivity contribution in [3.8, 4) is 0 Å². The molecule has 0 aromatic heterocycles. The Hall–Kier alpha value is -1.88. The highest BCUT2D eigenvalue weighted by Crippen LogP contribution is 2.13. The summed E-state index contributed by atoms with van der Waals surface area (Å²) in [5.74, 6) is -0.948. The largest absolute Gasteiger partial charge is 0.462 e. The minimum atomic E-state index is -0.474. The standard InChI is InChI=1S/C13H17NO4/c1-3-17-12(15)10-5-9(8-14)6-11(7-10)13(16)18-4-2/h5-7H,3-4,8,14H2,1-2H3. The van der Waals surface area contributed by atoms with Crippen LogP contribution < -0.4 is 5.73 Å². The Kier molecular flexibility index (Phi) is 5.32. The number of esters is 2. The maximum Gasteiger partial charge on any atom is 0.338 e.